The van der Waals surface area contributed by atoms with Crippen LogP contribution < -0.4 is 5.32 Å². The van der Waals surface area contributed by atoms with E-state index in [0.29, 0.717) is 5.92 Å². The van der Waals surface area contributed by atoms with E-state index >= 15 is 0 Å². The Labute approximate surface area is 99.0 Å². The van der Waals surface area contributed by atoms with Gasteiger partial charge in [0.25, 0.3) is 0 Å². The summed E-state index contributed by atoms with van der Waals surface area (Å²) in [5.74, 6) is 0.612. The summed E-state index contributed by atoms with van der Waals surface area (Å²) in [6, 6.07) is 6.33. The first-order chi connectivity index (χ1) is 7.61. The predicted octanol–water partition coefficient (Wildman–Crippen LogP) is 3.39. The van der Waals surface area contributed by atoms with Crippen LogP contribution in [0.4, 0.5) is 5.69 Å². The molecule has 0 fully saturated rings. The molecule has 0 saturated heterocycles. The molecule has 1 aromatic rings. The average molecular weight is 221 g/mol. The van der Waals surface area contributed by atoms with E-state index in [2.05, 4.69) is 51.2 Å². The molecule has 0 aliphatic rings. The van der Waals surface area contributed by atoms with E-state index in [1.807, 2.05) is 0 Å². The van der Waals surface area contributed by atoms with Gasteiger partial charge in [0.1, 0.15) is 0 Å². The molecule has 0 aliphatic carbocycles. The summed E-state index contributed by atoms with van der Waals surface area (Å²) in [5, 5.41) is 3.40. The van der Waals surface area contributed by atoms with Crippen LogP contribution in [0.2, 0.25) is 0 Å². The number of hydrogen-bond donors (Lipinski definition) is 1. The van der Waals surface area contributed by atoms with Crippen LogP contribution in [0.3, 0.4) is 0 Å². The van der Waals surface area contributed by atoms with E-state index in [1.54, 1.807) is 0 Å². The Morgan fingerprint density at radius 2 is 2.00 bits per heavy atom. The molecule has 0 aliphatic heterocycles. The summed E-state index contributed by atoms with van der Waals surface area (Å²) < 4.78 is 5.52. The second-order valence-corrected chi connectivity index (χ2v) is 4.64. The Hall–Kier alpha value is -1.02. The highest BCUT2D eigenvalue weighted by Crippen LogP contribution is 2.17. The van der Waals surface area contributed by atoms with Gasteiger partial charge in [-0.2, -0.15) is 0 Å². The number of benzene rings is 1. The summed E-state index contributed by atoms with van der Waals surface area (Å²) >= 11 is 0. The molecule has 90 valence electrons. The number of rotatable bonds is 6. The number of hydrogen-bond acceptors (Lipinski definition) is 2. The van der Waals surface area contributed by atoms with Gasteiger partial charge in [0, 0.05) is 18.8 Å². The maximum Gasteiger partial charge on any atom is 0.0639 e. The maximum atomic E-state index is 5.52. The minimum Gasteiger partial charge on any atom is -0.383 e. The van der Waals surface area contributed by atoms with Crippen LogP contribution in [0.5, 0.6) is 0 Å². The van der Waals surface area contributed by atoms with Crippen molar-refractivity contribution in [3.8, 4) is 0 Å². The van der Waals surface area contributed by atoms with E-state index in [-0.39, 0.29) is 0 Å². The highest BCUT2D eigenvalue weighted by Gasteiger charge is 1.99. The van der Waals surface area contributed by atoms with E-state index in [9.17, 15) is 0 Å². The zero-order valence-electron chi connectivity index (χ0n) is 10.8. The van der Waals surface area contributed by atoms with Crippen molar-refractivity contribution in [3.05, 3.63) is 29.3 Å². The van der Waals surface area contributed by atoms with Gasteiger partial charge in [0.15, 0.2) is 0 Å². The zero-order chi connectivity index (χ0) is 12.0. The zero-order valence-corrected chi connectivity index (χ0v) is 10.8. The molecular weight excluding hydrogens is 198 g/mol. The van der Waals surface area contributed by atoms with Crippen molar-refractivity contribution in [3.63, 3.8) is 0 Å². The van der Waals surface area contributed by atoms with Crippen LogP contribution in [-0.2, 0) is 4.74 Å². The van der Waals surface area contributed by atoms with Crippen molar-refractivity contribution < 1.29 is 4.74 Å². The first-order valence-corrected chi connectivity index (χ1v) is 5.99. The van der Waals surface area contributed by atoms with Crippen molar-refractivity contribution in [1.82, 2.24) is 0 Å². The van der Waals surface area contributed by atoms with Gasteiger partial charge in [0.05, 0.1) is 6.61 Å². The fourth-order valence-electron chi connectivity index (χ4n) is 1.52. The third-order valence-corrected chi connectivity index (χ3v) is 2.62. The number of nitrogens with one attached hydrogen (secondary N) is 1. The Balaban J connectivity index is 2.29. The molecule has 0 heterocycles. The molecule has 0 bridgehead atoms. The number of aryl methyl sites for hydroxylation is 1. The Morgan fingerprint density at radius 1 is 1.25 bits per heavy atom. The third-order valence-electron chi connectivity index (χ3n) is 2.62. The quantitative estimate of drug-likeness (QED) is 0.743. The maximum absolute atomic E-state index is 5.52. The lowest BCUT2D eigenvalue weighted by atomic mass is 10.1. The van der Waals surface area contributed by atoms with Gasteiger partial charge in [-0.25, -0.2) is 0 Å². The lowest BCUT2D eigenvalue weighted by Gasteiger charge is -2.12. The Morgan fingerprint density at radius 3 is 2.69 bits per heavy atom. The first-order valence-electron chi connectivity index (χ1n) is 5.99. The molecule has 0 unspecified atom stereocenters. The molecule has 2 nitrogen and oxygen atoms in total. The molecule has 2 heteroatoms. The van der Waals surface area contributed by atoms with E-state index in [1.165, 1.54) is 16.8 Å². The topological polar surface area (TPSA) is 21.3 Å². The van der Waals surface area contributed by atoms with Crippen LogP contribution in [-0.4, -0.2) is 19.8 Å². The highest BCUT2D eigenvalue weighted by atomic mass is 16.5. The molecule has 1 N–H and O–H groups in total. The van der Waals surface area contributed by atoms with Crippen LogP contribution in [0.25, 0.3) is 0 Å². The summed E-state index contributed by atoms with van der Waals surface area (Å²) in [6.07, 6.45) is 0. The van der Waals surface area contributed by atoms with Gasteiger partial charge in [-0.3, -0.25) is 0 Å². The van der Waals surface area contributed by atoms with E-state index in [0.717, 1.165) is 19.8 Å². The van der Waals surface area contributed by atoms with Gasteiger partial charge in [0.2, 0.25) is 0 Å². The van der Waals surface area contributed by atoms with E-state index < -0.39 is 0 Å². The molecule has 0 radical (unpaired) electrons. The van der Waals surface area contributed by atoms with Gasteiger partial charge < -0.3 is 10.1 Å². The minimum absolute atomic E-state index is 0.612. The van der Waals surface area contributed by atoms with E-state index in [4.69, 9.17) is 4.74 Å². The second-order valence-electron chi connectivity index (χ2n) is 4.64. The molecule has 1 rings (SSSR count). The predicted molar refractivity (Wildman–Crippen MR) is 70.1 cm³/mol. The molecule has 1 aromatic carbocycles. The number of anilines is 1. The van der Waals surface area contributed by atoms with Gasteiger partial charge in [-0.1, -0.05) is 26.0 Å². The fraction of sp³-hybridized carbons (Fsp3) is 0.571. The van der Waals surface area contributed by atoms with Crippen LogP contribution in [0.15, 0.2) is 18.2 Å². The summed E-state index contributed by atoms with van der Waals surface area (Å²) in [7, 11) is 0. The van der Waals surface area contributed by atoms with Crippen molar-refractivity contribution in [2.24, 2.45) is 5.92 Å². The molecule has 0 aromatic heterocycles. The molecule has 0 spiro atoms. The van der Waals surface area contributed by atoms with Crippen molar-refractivity contribution in [1.29, 1.82) is 0 Å². The SMILES string of the molecule is Cc1cccc(NCCOCC(C)C)c1C. The van der Waals surface area contributed by atoms with Crippen molar-refractivity contribution in [2.75, 3.05) is 25.1 Å². The summed E-state index contributed by atoms with van der Waals surface area (Å²) in [5.41, 5.74) is 3.87. The number of ether oxygens (including phenoxy) is 1. The Kier molecular flexibility index (Phi) is 5.33. The van der Waals surface area contributed by atoms with Gasteiger partial charge in [-0.15, -0.1) is 0 Å². The van der Waals surface area contributed by atoms with Crippen molar-refractivity contribution in [2.45, 2.75) is 27.7 Å². The van der Waals surface area contributed by atoms with Gasteiger partial charge >= 0.3 is 0 Å². The highest BCUT2D eigenvalue weighted by molar-refractivity contribution is 5.53. The fourth-order valence-corrected chi connectivity index (χ4v) is 1.52. The van der Waals surface area contributed by atoms with Gasteiger partial charge in [-0.05, 0) is 37.0 Å². The van der Waals surface area contributed by atoms with Crippen LogP contribution in [0, 0.1) is 19.8 Å². The van der Waals surface area contributed by atoms with Crippen LogP contribution >= 0.6 is 0 Å². The standard InChI is InChI=1S/C14H23NO/c1-11(2)10-16-9-8-15-14-7-5-6-12(3)13(14)4/h5-7,11,15H,8-10H2,1-4H3. The normalized spacial score (nSPS) is 10.8. The lowest BCUT2D eigenvalue weighted by molar-refractivity contribution is 0.118. The molecule has 0 amide bonds. The lowest BCUT2D eigenvalue weighted by Crippen LogP contribution is -2.12. The molecule has 0 saturated carbocycles. The Bertz CT molecular complexity index is 321. The molecular formula is C14H23NO. The monoisotopic (exact) mass is 221 g/mol. The molecule has 16 heavy (non-hydrogen) atoms. The molecule has 0 atom stereocenters. The second kappa shape index (κ2) is 6.54. The van der Waals surface area contributed by atoms with Crippen LogP contribution in [0.1, 0.15) is 25.0 Å². The first kappa shape index (κ1) is 13.0. The largest absolute Gasteiger partial charge is 0.383 e. The minimum atomic E-state index is 0.612. The average Bonchev–Trinajstić information content (AvgIpc) is 2.23. The summed E-state index contributed by atoms with van der Waals surface area (Å²) in [6.45, 7) is 11.1. The third kappa shape index (κ3) is 4.23. The summed E-state index contributed by atoms with van der Waals surface area (Å²) in [4.78, 5) is 0. The van der Waals surface area contributed by atoms with Crippen molar-refractivity contribution >= 4 is 5.69 Å². The smallest absolute Gasteiger partial charge is 0.0639 e.